The number of nitrogens with one attached hydrogen (secondary N) is 1. The van der Waals surface area contributed by atoms with Gasteiger partial charge in [0.05, 0.1) is 0 Å². The van der Waals surface area contributed by atoms with E-state index in [-0.39, 0.29) is 6.61 Å². The van der Waals surface area contributed by atoms with Crippen LogP contribution in [0.2, 0.25) is 0 Å². The summed E-state index contributed by atoms with van der Waals surface area (Å²) in [7, 11) is 0. The van der Waals surface area contributed by atoms with Crippen LogP contribution in [-0.4, -0.2) is 42.3 Å². The number of likely N-dealkylation sites (tertiary alicyclic amines) is 1. The quantitative estimate of drug-likeness (QED) is 0.810. The van der Waals surface area contributed by atoms with E-state index in [0.717, 1.165) is 19.4 Å². The van der Waals surface area contributed by atoms with Crippen molar-refractivity contribution in [3.63, 3.8) is 0 Å². The van der Waals surface area contributed by atoms with Crippen LogP contribution in [-0.2, 0) is 0 Å². The van der Waals surface area contributed by atoms with Crippen LogP contribution < -0.4 is 5.32 Å². The van der Waals surface area contributed by atoms with Gasteiger partial charge in [-0.25, -0.2) is 0 Å². The minimum Gasteiger partial charge on any atom is -0.396 e. The fourth-order valence-corrected chi connectivity index (χ4v) is 3.35. The van der Waals surface area contributed by atoms with E-state index in [1.54, 1.807) is 0 Å². The lowest BCUT2D eigenvalue weighted by Gasteiger charge is -2.39. The van der Waals surface area contributed by atoms with Gasteiger partial charge in [0.25, 0.3) is 0 Å². The fourth-order valence-electron chi connectivity index (χ4n) is 3.35. The van der Waals surface area contributed by atoms with Crippen LogP contribution in [0.15, 0.2) is 30.3 Å². The Balaban J connectivity index is 1.98. The molecule has 0 spiro atoms. The van der Waals surface area contributed by atoms with Crippen LogP contribution in [0.3, 0.4) is 0 Å². The zero-order valence-corrected chi connectivity index (χ0v) is 13.5. The van der Waals surface area contributed by atoms with Gasteiger partial charge in [-0.2, -0.15) is 0 Å². The zero-order valence-electron chi connectivity index (χ0n) is 13.5. The summed E-state index contributed by atoms with van der Waals surface area (Å²) >= 11 is 0. The first kappa shape index (κ1) is 16.5. The summed E-state index contributed by atoms with van der Waals surface area (Å²) in [5.41, 5.74) is 1.34. The fraction of sp³-hybridized carbons (Fsp3) is 0.667. The molecule has 1 saturated heterocycles. The first-order chi connectivity index (χ1) is 10.2. The molecule has 1 fully saturated rings. The third-order valence-electron chi connectivity index (χ3n) is 4.70. The van der Waals surface area contributed by atoms with Gasteiger partial charge in [0.2, 0.25) is 0 Å². The second kappa shape index (κ2) is 8.52. The number of piperidine rings is 1. The first-order valence-corrected chi connectivity index (χ1v) is 8.38. The van der Waals surface area contributed by atoms with E-state index < -0.39 is 0 Å². The number of hydrogen-bond donors (Lipinski definition) is 2. The van der Waals surface area contributed by atoms with Gasteiger partial charge in [0, 0.05) is 25.2 Å². The molecule has 0 aromatic heterocycles. The number of rotatable bonds is 7. The normalized spacial score (nSPS) is 24.9. The Morgan fingerprint density at radius 1 is 1.33 bits per heavy atom. The molecule has 1 heterocycles. The van der Waals surface area contributed by atoms with Gasteiger partial charge in [-0.1, -0.05) is 44.2 Å². The molecule has 0 amide bonds. The van der Waals surface area contributed by atoms with Gasteiger partial charge < -0.3 is 15.3 Å². The van der Waals surface area contributed by atoms with Gasteiger partial charge >= 0.3 is 0 Å². The molecule has 21 heavy (non-hydrogen) atoms. The van der Waals surface area contributed by atoms with Gasteiger partial charge in [-0.05, 0) is 43.8 Å². The van der Waals surface area contributed by atoms with E-state index in [1.165, 1.54) is 25.1 Å². The van der Waals surface area contributed by atoms with Gasteiger partial charge in [0.15, 0.2) is 0 Å². The van der Waals surface area contributed by atoms with Crippen molar-refractivity contribution in [1.29, 1.82) is 0 Å². The predicted molar refractivity (Wildman–Crippen MR) is 88.3 cm³/mol. The maximum Gasteiger partial charge on any atom is 0.0431 e. The second-order valence-electron chi connectivity index (χ2n) is 6.26. The number of nitrogens with zero attached hydrogens (tertiary/aromatic N) is 1. The molecule has 2 N–H and O–H groups in total. The smallest absolute Gasteiger partial charge is 0.0431 e. The van der Waals surface area contributed by atoms with Crippen LogP contribution >= 0.6 is 0 Å². The number of benzene rings is 1. The molecule has 3 nitrogen and oxygen atoms in total. The van der Waals surface area contributed by atoms with Gasteiger partial charge in [0.1, 0.15) is 0 Å². The molecule has 0 radical (unpaired) electrons. The molecule has 1 aromatic rings. The molecule has 1 aromatic carbocycles. The summed E-state index contributed by atoms with van der Waals surface area (Å²) in [6, 6.07) is 11.6. The average molecular weight is 290 g/mol. The Kier molecular flexibility index (Phi) is 6.68. The number of hydrogen-bond acceptors (Lipinski definition) is 3. The Labute approximate surface area is 129 Å². The lowest BCUT2D eigenvalue weighted by molar-refractivity contribution is 0.143. The van der Waals surface area contributed by atoms with Crippen molar-refractivity contribution in [2.45, 2.75) is 45.2 Å². The van der Waals surface area contributed by atoms with Crippen molar-refractivity contribution >= 4 is 0 Å². The van der Waals surface area contributed by atoms with E-state index in [4.69, 9.17) is 5.11 Å². The molecule has 1 aliphatic heterocycles. The maximum absolute atomic E-state index is 9.15. The highest BCUT2D eigenvalue weighted by Gasteiger charge is 2.27. The number of aliphatic hydroxyl groups excluding tert-OH is 1. The van der Waals surface area contributed by atoms with Crippen molar-refractivity contribution < 1.29 is 5.11 Å². The van der Waals surface area contributed by atoms with Crippen LogP contribution in [0.25, 0.3) is 0 Å². The second-order valence-corrected chi connectivity index (χ2v) is 6.26. The summed E-state index contributed by atoms with van der Waals surface area (Å²) in [5, 5.41) is 13.0. The van der Waals surface area contributed by atoms with Crippen LogP contribution in [0.4, 0.5) is 0 Å². The first-order valence-electron chi connectivity index (χ1n) is 8.38. The maximum atomic E-state index is 9.15. The van der Waals surface area contributed by atoms with Gasteiger partial charge in [-0.3, -0.25) is 0 Å². The topological polar surface area (TPSA) is 35.5 Å². The van der Waals surface area contributed by atoms with Crippen molar-refractivity contribution in [2.24, 2.45) is 5.92 Å². The lowest BCUT2D eigenvalue weighted by Crippen LogP contribution is -2.49. The highest BCUT2D eigenvalue weighted by atomic mass is 16.2. The molecule has 3 unspecified atom stereocenters. The molecule has 3 heteroatoms. The molecule has 1 aliphatic rings. The molecular formula is C18H30N2O. The van der Waals surface area contributed by atoms with Crippen molar-refractivity contribution in [3.8, 4) is 0 Å². The summed E-state index contributed by atoms with van der Waals surface area (Å²) in [6.07, 6.45) is 3.08. The molecule has 0 saturated carbocycles. The molecular weight excluding hydrogens is 260 g/mol. The SMILES string of the molecule is CCN1CCC(NC(CCCO)c2ccccc2)C(C)C1. The average Bonchev–Trinajstić information content (AvgIpc) is 2.53. The largest absolute Gasteiger partial charge is 0.396 e. The number of aliphatic hydroxyl groups is 1. The van der Waals surface area contributed by atoms with Gasteiger partial charge in [-0.15, -0.1) is 0 Å². The lowest BCUT2D eigenvalue weighted by atomic mass is 9.91. The molecule has 118 valence electrons. The zero-order chi connectivity index (χ0) is 15.1. The summed E-state index contributed by atoms with van der Waals surface area (Å²) in [5.74, 6) is 0.680. The molecule has 3 atom stereocenters. The van der Waals surface area contributed by atoms with Crippen molar-refractivity contribution in [3.05, 3.63) is 35.9 Å². The van der Waals surface area contributed by atoms with Crippen LogP contribution in [0, 0.1) is 5.92 Å². The Hall–Kier alpha value is -0.900. The predicted octanol–water partition coefficient (Wildman–Crippen LogP) is 2.82. The highest BCUT2D eigenvalue weighted by Crippen LogP contribution is 2.24. The summed E-state index contributed by atoms with van der Waals surface area (Å²) < 4.78 is 0. The minimum absolute atomic E-state index is 0.273. The van der Waals surface area contributed by atoms with Crippen molar-refractivity contribution in [2.75, 3.05) is 26.2 Å². The van der Waals surface area contributed by atoms with Crippen molar-refractivity contribution in [1.82, 2.24) is 10.2 Å². The van der Waals surface area contributed by atoms with E-state index >= 15 is 0 Å². The summed E-state index contributed by atoms with van der Waals surface area (Å²) in [6.45, 7) is 8.41. The third kappa shape index (κ3) is 4.80. The standard InChI is InChI=1S/C18H30N2O/c1-3-20-12-11-17(15(2)14-20)19-18(10-7-13-21)16-8-5-4-6-9-16/h4-6,8-9,15,17-19,21H,3,7,10-14H2,1-2H3. The molecule has 2 rings (SSSR count). The van der Waals surface area contributed by atoms with E-state index in [1.807, 2.05) is 0 Å². The van der Waals surface area contributed by atoms with Crippen LogP contribution in [0.5, 0.6) is 0 Å². The third-order valence-corrected chi connectivity index (χ3v) is 4.70. The molecule has 0 bridgehead atoms. The molecule has 0 aliphatic carbocycles. The van der Waals surface area contributed by atoms with Crippen LogP contribution in [0.1, 0.15) is 44.7 Å². The summed E-state index contributed by atoms with van der Waals surface area (Å²) in [4.78, 5) is 2.54. The highest BCUT2D eigenvalue weighted by molar-refractivity contribution is 5.19. The Morgan fingerprint density at radius 2 is 2.10 bits per heavy atom. The van der Waals surface area contributed by atoms with E-state index in [0.29, 0.717) is 18.0 Å². The monoisotopic (exact) mass is 290 g/mol. The Bertz CT molecular complexity index is 395. The van der Waals surface area contributed by atoms with E-state index in [2.05, 4.69) is 54.4 Å². The minimum atomic E-state index is 0.273. The Morgan fingerprint density at radius 3 is 2.71 bits per heavy atom. The van der Waals surface area contributed by atoms with E-state index in [9.17, 15) is 0 Å².